The average Bonchev–Trinajstić information content (AvgIpc) is 3.35. The lowest BCUT2D eigenvalue weighted by Crippen LogP contribution is -2.25. The maximum absolute atomic E-state index is 3.51. The third-order valence-electron chi connectivity index (χ3n) is 9.75. The Morgan fingerprint density at radius 2 is 0.978 bits per heavy atom. The van der Waals surface area contributed by atoms with E-state index in [1.807, 2.05) is 0 Å². The van der Waals surface area contributed by atoms with Crippen LogP contribution in [0.1, 0.15) is 89.2 Å². The van der Waals surface area contributed by atoms with Gasteiger partial charge in [-0.3, -0.25) is 0 Å². The fourth-order valence-electron chi connectivity index (χ4n) is 7.31. The summed E-state index contributed by atoms with van der Waals surface area (Å²) in [6, 6.07) is 42.7. The van der Waals surface area contributed by atoms with Gasteiger partial charge in [0.25, 0.3) is 0 Å². The van der Waals surface area contributed by atoms with Crippen LogP contribution in [0.25, 0.3) is 33.4 Å². The fraction of sp³-hybridized carbons (Fsp3) is 0.302. The lowest BCUT2D eigenvalue weighted by atomic mass is 9.70. The quantitative estimate of drug-likeness (QED) is 0.117. The van der Waals surface area contributed by atoms with Crippen LogP contribution in [0.15, 0.2) is 120 Å². The predicted molar refractivity (Wildman–Crippen MR) is 198 cm³/mol. The Morgan fingerprint density at radius 1 is 0.489 bits per heavy atom. The molecule has 0 bridgehead atoms. The average molecular weight is 657 g/mol. The van der Waals surface area contributed by atoms with Crippen molar-refractivity contribution in [2.24, 2.45) is 0 Å². The summed E-state index contributed by atoms with van der Waals surface area (Å²) < 4.78 is 1.08. The third-order valence-corrected chi connectivity index (χ3v) is 10.3. The van der Waals surface area contributed by atoms with Crippen molar-refractivity contribution in [2.75, 3.05) is 5.32 Å². The van der Waals surface area contributed by atoms with Gasteiger partial charge in [-0.1, -0.05) is 154 Å². The molecular formula is C43H46BrN. The molecule has 1 aliphatic carbocycles. The zero-order valence-electron chi connectivity index (χ0n) is 26.9. The van der Waals surface area contributed by atoms with Crippen molar-refractivity contribution in [1.82, 2.24) is 0 Å². The number of benzene rings is 5. The molecule has 0 amide bonds. The first-order valence-corrected chi connectivity index (χ1v) is 17.9. The molecule has 45 heavy (non-hydrogen) atoms. The van der Waals surface area contributed by atoms with Crippen LogP contribution < -0.4 is 5.32 Å². The number of unbranched alkanes of at least 4 members (excludes halogenated alkanes) is 6. The van der Waals surface area contributed by atoms with Crippen LogP contribution in [0.3, 0.4) is 0 Å². The Morgan fingerprint density at radius 3 is 1.58 bits per heavy atom. The summed E-state index contributed by atoms with van der Waals surface area (Å²) >= 11 is 3.51. The molecule has 0 heterocycles. The molecule has 2 heteroatoms. The first-order chi connectivity index (χ1) is 22.1. The minimum absolute atomic E-state index is 0.120. The van der Waals surface area contributed by atoms with Crippen LogP contribution in [0.2, 0.25) is 0 Å². The first-order valence-electron chi connectivity index (χ1n) is 17.1. The largest absolute Gasteiger partial charge is 0.356 e. The molecule has 0 aliphatic heterocycles. The van der Waals surface area contributed by atoms with Gasteiger partial charge >= 0.3 is 0 Å². The zero-order valence-corrected chi connectivity index (χ0v) is 28.5. The summed E-state index contributed by atoms with van der Waals surface area (Å²) in [5.41, 5.74) is 13.4. The molecule has 6 rings (SSSR count). The number of nitrogens with one attached hydrogen (secondary N) is 1. The number of hydrogen-bond donors (Lipinski definition) is 1. The minimum atomic E-state index is 0.120. The van der Waals surface area contributed by atoms with Crippen molar-refractivity contribution in [1.29, 1.82) is 0 Å². The van der Waals surface area contributed by atoms with Gasteiger partial charge in [0.15, 0.2) is 0 Å². The summed E-state index contributed by atoms with van der Waals surface area (Å²) in [6.45, 7) is 4.63. The van der Waals surface area contributed by atoms with Crippen molar-refractivity contribution in [3.8, 4) is 33.4 Å². The van der Waals surface area contributed by atoms with E-state index in [0.29, 0.717) is 0 Å². The summed E-state index contributed by atoms with van der Waals surface area (Å²) in [7, 11) is 0. The molecule has 0 radical (unpaired) electrons. The van der Waals surface area contributed by atoms with Crippen molar-refractivity contribution in [2.45, 2.75) is 83.5 Å². The molecule has 0 atom stereocenters. The Balaban J connectivity index is 1.26. The molecule has 1 N–H and O–H groups in total. The number of halogens is 1. The van der Waals surface area contributed by atoms with E-state index in [4.69, 9.17) is 0 Å². The second kappa shape index (κ2) is 14.6. The van der Waals surface area contributed by atoms with Gasteiger partial charge in [-0.05, 0) is 99.8 Å². The van der Waals surface area contributed by atoms with Crippen LogP contribution in [0, 0.1) is 0 Å². The number of anilines is 2. The maximum Gasteiger partial charge on any atom is 0.0384 e. The highest BCUT2D eigenvalue weighted by Gasteiger charge is 2.42. The normalized spacial score (nSPS) is 13.0. The lowest BCUT2D eigenvalue weighted by Gasteiger charge is -2.33. The van der Waals surface area contributed by atoms with E-state index in [1.165, 1.54) is 97.6 Å². The van der Waals surface area contributed by atoms with E-state index in [0.717, 1.165) is 15.8 Å². The van der Waals surface area contributed by atoms with E-state index in [2.05, 4.69) is 150 Å². The van der Waals surface area contributed by atoms with Crippen LogP contribution in [0.4, 0.5) is 11.4 Å². The molecule has 5 aromatic rings. The molecule has 0 saturated heterocycles. The van der Waals surface area contributed by atoms with E-state index >= 15 is 0 Å². The lowest BCUT2D eigenvalue weighted by molar-refractivity contribution is 0.401. The standard InChI is InChI=1S/C43H46BrN/c1-3-5-7-11-29-43(30-12-8-6-4-2)41-14-10-9-13-39(41)40-28-21-35(31-42(40)43)34-17-15-32(16-18-34)33-19-24-37(25-20-33)45-38-26-22-36(44)23-27-38/h9-10,13-28,31,45H,3-8,11-12,29-30H2,1-2H3. The Labute approximate surface area is 279 Å². The summed E-state index contributed by atoms with van der Waals surface area (Å²) in [5.74, 6) is 0. The van der Waals surface area contributed by atoms with Gasteiger partial charge in [-0.2, -0.15) is 0 Å². The molecule has 0 unspecified atom stereocenters. The van der Waals surface area contributed by atoms with E-state index in [-0.39, 0.29) is 5.41 Å². The number of rotatable bonds is 14. The molecule has 0 saturated carbocycles. The van der Waals surface area contributed by atoms with Crippen LogP contribution >= 0.6 is 15.9 Å². The van der Waals surface area contributed by atoms with Gasteiger partial charge < -0.3 is 5.32 Å². The van der Waals surface area contributed by atoms with Gasteiger partial charge in [-0.25, -0.2) is 0 Å². The number of fused-ring (bicyclic) bond motifs is 3. The molecule has 0 fully saturated rings. The summed E-state index contributed by atoms with van der Waals surface area (Å²) in [5, 5.41) is 3.49. The monoisotopic (exact) mass is 655 g/mol. The van der Waals surface area contributed by atoms with Gasteiger partial charge in [0, 0.05) is 21.3 Å². The fourth-order valence-corrected chi connectivity index (χ4v) is 7.57. The van der Waals surface area contributed by atoms with Crippen molar-refractivity contribution >= 4 is 27.3 Å². The minimum Gasteiger partial charge on any atom is -0.356 e. The molecular weight excluding hydrogens is 610 g/mol. The van der Waals surface area contributed by atoms with Gasteiger partial charge in [0.1, 0.15) is 0 Å². The van der Waals surface area contributed by atoms with E-state index in [9.17, 15) is 0 Å². The Hall–Kier alpha value is -3.62. The molecule has 0 spiro atoms. The third kappa shape index (κ3) is 6.97. The summed E-state index contributed by atoms with van der Waals surface area (Å²) in [4.78, 5) is 0. The van der Waals surface area contributed by atoms with E-state index < -0.39 is 0 Å². The Kier molecular flexibility index (Phi) is 10.2. The maximum atomic E-state index is 3.51. The molecule has 230 valence electrons. The summed E-state index contributed by atoms with van der Waals surface area (Å²) in [6.07, 6.45) is 13.0. The van der Waals surface area contributed by atoms with Crippen molar-refractivity contribution in [3.63, 3.8) is 0 Å². The number of hydrogen-bond acceptors (Lipinski definition) is 1. The van der Waals surface area contributed by atoms with E-state index in [1.54, 1.807) is 11.1 Å². The second-order valence-corrected chi connectivity index (χ2v) is 13.7. The molecule has 5 aromatic carbocycles. The molecule has 1 nitrogen and oxygen atoms in total. The zero-order chi connectivity index (χ0) is 31.1. The molecule has 0 aromatic heterocycles. The van der Waals surface area contributed by atoms with Crippen LogP contribution in [0.5, 0.6) is 0 Å². The van der Waals surface area contributed by atoms with Gasteiger partial charge in [0.2, 0.25) is 0 Å². The Bertz CT molecular complexity index is 1670. The highest BCUT2D eigenvalue weighted by atomic mass is 79.9. The smallest absolute Gasteiger partial charge is 0.0384 e. The van der Waals surface area contributed by atoms with Crippen LogP contribution in [-0.2, 0) is 5.41 Å². The topological polar surface area (TPSA) is 12.0 Å². The molecule has 1 aliphatic rings. The van der Waals surface area contributed by atoms with Crippen molar-refractivity contribution < 1.29 is 0 Å². The van der Waals surface area contributed by atoms with Gasteiger partial charge in [-0.15, -0.1) is 0 Å². The van der Waals surface area contributed by atoms with Crippen molar-refractivity contribution in [3.05, 3.63) is 131 Å². The van der Waals surface area contributed by atoms with Crippen LogP contribution in [-0.4, -0.2) is 0 Å². The SMILES string of the molecule is CCCCCCC1(CCCCCC)c2ccccc2-c2ccc(-c3ccc(-c4ccc(Nc5ccc(Br)cc5)cc4)cc3)cc21. The second-order valence-electron chi connectivity index (χ2n) is 12.8. The highest BCUT2D eigenvalue weighted by molar-refractivity contribution is 9.10. The highest BCUT2D eigenvalue weighted by Crippen LogP contribution is 2.55. The predicted octanol–water partition coefficient (Wildman–Crippen LogP) is 13.7. The first kappa shape index (κ1) is 31.4. The van der Waals surface area contributed by atoms with Gasteiger partial charge in [0.05, 0.1) is 0 Å².